The van der Waals surface area contributed by atoms with Gasteiger partial charge in [-0.15, -0.1) is 5.10 Å². The summed E-state index contributed by atoms with van der Waals surface area (Å²) in [5.74, 6) is 0.391. The van der Waals surface area contributed by atoms with Crippen LogP contribution in [0.4, 0.5) is 4.79 Å². The van der Waals surface area contributed by atoms with E-state index < -0.39 is 6.09 Å². The Labute approximate surface area is 130 Å². The first-order valence-corrected chi connectivity index (χ1v) is 7.38. The molecule has 6 heteroatoms. The van der Waals surface area contributed by atoms with Crippen LogP contribution in [0, 0.1) is 12.8 Å². The number of hydrogen-bond acceptors (Lipinski definition) is 4. The van der Waals surface area contributed by atoms with Crippen molar-refractivity contribution in [1.29, 1.82) is 0 Å². The molecule has 0 atom stereocenters. The van der Waals surface area contributed by atoms with E-state index in [2.05, 4.69) is 34.7 Å². The van der Waals surface area contributed by atoms with Gasteiger partial charge in [-0.2, -0.15) is 0 Å². The van der Waals surface area contributed by atoms with Crippen LogP contribution >= 0.6 is 0 Å². The molecule has 118 valence electrons. The SMILES string of the molecule is Cc1cccc(Cn2cc(COC(=O)NCC(C)C)nn2)c1. The largest absolute Gasteiger partial charge is 0.443 e. The van der Waals surface area contributed by atoms with Crippen LogP contribution < -0.4 is 5.32 Å². The first-order valence-electron chi connectivity index (χ1n) is 7.38. The third kappa shape index (κ3) is 5.20. The lowest BCUT2D eigenvalue weighted by molar-refractivity contribution is 0.137. The van der Waals surface area contributed by atoms with Crippen LogP contribution in [-0.4, -0.2) is 27.6 Å². The number of amides is 1. The molecule has 0 saturated carbocycles. The summed E-state index contributed by atoms with van der Waals surface area (Å²) in [5.41, 5.74) is 3.00. The molecule has 0 fully saturated rings. The van der Waals surface area contributed by atoms with Gasteiger partial charge in [-0.05, 0) is 18.4 Å². The van der Waals surface area contributed by atoms with Crippen molar-refractivity contribution >= 4 is 6.09 Å². The minimum atomic E-state index is -0.429. The van der Waals surface area contributed by atoms with Crippen LogP contribution in [0.25, 0.3) is 0 Å². The first kappa shape index (κ1) is 16.0. The van der Waals surface area contributed by atoms with E-state index in [1.807, 2.05) is 26.0 Å². The molecule has 2 rings (SSSR count). The van der Waals surface area contributed by atoms with Gasteiger partial charge in [-0.1, -0.05) is 48.9 Å². The maximum Gasteiger partial charge on any atom is 0.407 e. The highest BCUT2D eigenvalue weighted by molar-refractivity contribution is 5.67. The van der Waals surface area contributed by atoms with Gasteiger partial charge in [0.25, 0.3) is 0 Å². The van der Waals surface area contributed by atoms with Crippen molar-refractivity contribution in [2.45, 2.75) is 33.9 Å². The summed E-state index contributed by atoms with van der Waals surface area (Å²) in [6.45, 7) is 7.47. The number of benzene rings is 1. The van der Waals surface area contributed by atoms with Gasteiger partial charge in [-0.25, -0.2) is 9.48 Å². The lowest BCUT2D eigenvalue weighted by Gasteiger charge is -2.07. The summed E-state index contributed by atoms with van der Waals surface area (Å²) in [6.07, 6.45) is 1.36. The number of carbonyl (C=O) groups is 1. The van der Waals surface area contributed by atoms with Crippen molar-refractivity contribution in [3.8, 4) is 0 Å². The number of hydrogen-bond donors (Lipinski definition) is 1. The normalized spacial score (nSPS) is 10.7. The zero-order chi connectivity index (χ0) is 15.9. The average molecular weight is 302 g/mol. The van der Waals surface area contributed by atoms with Gasteiger partial charge >= 0.3 is 6.09 Å². The van der Waals surface area contributed by atoms with Crippen LogP contribution in [0.2, 0.25) is 0 Å². The fourth-order valence-electron chi connectivity index (χ4n) is 1.96. The number of aryl methyl sites for hydroxylation is 1. The molecule has 2 aromatic rings. The molecule has 0 saturated heterocycles. The first-order chi connectivity index (χ1) is 10.5. The maximum absolute atomic E-state index is 11.5. The summed E-state index contributed by atoms with van der Waals surface area (Å²) < 4.78 is 6.83. The van der Waals surface area contributed by atoms with Gasteiger partial charge in [-0.3, -0.25) is 0 Å². The predicted octanol–water partition coefficient (Wildman–Crippen LogP) is 2.52. The van der Waals surface area contributed by atoms with Crippen molar-refractivity contribution in [1.82, 2.24) is 20.3 Å². The zero-order valence-electron chi connectivity index (χ0n) is 13.2. The Bertz CT molecular complexity index is 622. The molecule has 0 unspecified atom stereocenters. The van der Waals surface area contributed by atoms with Crippen LogP contribution in [0.1, 0.15) is 30.7 Å². The highest BCUT2D eigenvalue weighted by Crippen LogP contribution is 2.06. The maximum atomic E-state index is 11.5. The summed E-state index contributed by atoms with van der Waals surface area (Å²) in [6, 6.07) is 8.23. The molecule has 1 heterocycles. The highest BCUT2D eigenvalue weighted by atomic mass is 16.5. The number of aromatic nitrogens is 3. The molecular weight excluding hydrogens is 280 g/mol. The van der Waals surface area contributed by atoms with Crippen LogP contribution in [0.15, 0.2) is 30.5 Å². The standard InChI is InChI=1S/C16H22N4O2/c1-12(2)8-17-16(21)22-11-15-10-20(19-18-15)9-14-6-4-5-13(3)7-14/h4-7,10,12H,8-9,11H2,1-3H3,(H,17,21). The van der Waals surface area contributed by atoms with E-state index in [0.717, 1.165) is 5.56 Å². The molecular formula is C16H22N4O2. The van der Waals surface area contributed by atoms with Crippen LogP contribution in [-0.2, 0) is 17.9 Å². The second-order valence-electron chi connectivity index (χ2n) is 5.75. The number of nitrogens with one attached hydrogen (secondary N) is 1. The molecule has 1 N–H and O–H groups in total. The number of carbonyl (C=O) groups excluding carboxylic acids is 1. The fourth-order valence-corrected chi connectivity index (χ4v) is 1.96. The number of alkyl carbamates (subject to hydrolysis) is 1. The van der Waals surface area contributed by atoms with E-state index >= 15 is 0 Å². The third-order valence-electron chi connectivity index (χ3n) is 3.02. The van der Waals surface area contributed by atoms with Gasteiger partial charge in [0.15, 0.2) is 0 Å². The monoisotopic (exact) mass is 302 g/mol. The third-order valence-corrected chi connectivity index (χ3v) is 3.02. The molecule has 0 aliphatic rings. The van der Waals surface area contributed by atoms with E-state index in [1.165, 1.54) is 5.56 Å². The fraction of sp³-hybridized carbons (Fsp3) is 0.438. The molecule has 6 nitrogen and oxygen atoms in total. The Balaban J connectivity index is 1.82. The number of nitrogens with zero attached hydrogens (tertiary/aromatic N) is 3. The second kappa shape index (κ2) is 7.59. The predicted molar refractivity (Wildman–Crippen MR) is 83.3 cm³/mol. The summed E-state index contributed by atoms with van der Waals surface area (Å²) in [5, 5.41) is 10.7. The minimum Gasteiger partial charge on any atom is -0.443 e. The Hall–Kier alpha value is -2.37. The molecule has 0 bridgehead atoms. The van der Waals surface area contributed by atoms with E-state index in [-0.39, 0.29) is 6.61 Å². The molecule has 0 spiro atoms. The van der Waals surface area contributed by atoms with Crippen molar-refractivity contribution in [2.24, 2.45) is 5.92 Å². The van der Waals surface area contributed by atoms with E-state index in [0.29, 0.717) is 24.7 Å². The molecule has 0 aliphatic carbocycles. The van der Waals surface area contributed by atoms with E-state index in [1.54, 1.807) is 10.9 Å². The van der Waals surface area contributed by atoms with Gasteiger partial charge in [0.1, 0.15) is 12.3 Å². The Morgan fingerprint density at radius 2 is 2.23 bits per heavy atom. The molecule has 1 aromatic carbocycles. The van der Waals surface area contributed by atoms with E-state index in [4.69, 9.17) is 4.74 Å². The Morgan fingerprint density at radius 3 is 2.95 bits per heavy atom. The molecule has 22 heavy (non-hydrogen) atoms. The molecule has 0 aliphatic heterocycles. The smallest absolute Gasteiger partial charge is 0.407 e. The lowest BCUT2D eigenvalue weighted by atomic mass is 10.1. The Morgan fingerprint density at radius 1 is 1.41 bits per heavy atom. The van der Waals surface area contributed by atoms with Gasteiger partial charge in [0.2, 0.25) is 0 Å². The van der Waals surface area contributed by atoms with E-state index in [9.17, 15) is 4.79 Å². The highest BCUT2D eigenvalue weighted by Gasteiger charge is 2.07. The van der Waals surface area contributed by atoms with Crippen LogP contribution in [0.5, 0.6) is 0 Å². The quantitative estimate of drug-likeness (QED) is 0.890. The van der Waals surface area contributed by atoms with Crippen LogP contribution in [0.3, 0.4) is 0 Å². The summed E-state index contributed by atoms with van der Waals surface area (Å²) in [4.78, 5) is 11.5. The lowest BCUT2D eigenvalue weighted by Crippen LogP contribution is -2.27. The van der Waals surface area contributed by atoms with Crippen molar-refractivity contribution in [3.63, 3.8) is 0 Å². The zero-order valence-corrected chi connectivity index (χ0v) is 13.2. The molecule has 0 radical (unpaired) electrons. The summed E-state index contributed by atoms with van der Waals surface area (Å²) in [7, 11) is 0. The molecule has 1 aromatic heterocycles. The van der Waals surface area contributed by atoms with Gasteiger partial charge in [0.05, 0.1) is 12.7 Å². The van der Waals surface area contributed by atoms with Crippen molar-refractivity contribution in [2.75, 3.05) is 6.54 Å². The van der Waals surface area contributed by atoms with Gasteiger partial charge < -0.3 is 10.1 Å². The number of ether oxygens (including phenoxy) is 1. The van der Waals surface area contributed by atoms with Crippen molar-refractivity contribution < 1.29 is 9.53 Å². The topological polar surface area (TPSA) is 69.0 Å². The minimum absolute atomic E-state index is 0.123. The van der Waals surface area contributed by atoms with Crippen molar-refractivity contribution in [3.05, 3.63) is 47.3 Å². The average Bonchev–Trinajstić information content (AvgIpc) is 2.90. The second-order valence-corrected chi connectivity index (χ2v) is 5.75. The molecule has 1 amide bonds. The Kier molecular flexibility index (Phi) is 5.52. The number of rotatable bonds is 6. The summed E-state index contributed by atoms with van der Waals surface area (Å²) >= 11 is 0. The van der Waals surface area contributed by atoms with Gasteiger partial charge in [0, 0.05) is 6.54 Å².